The Morgan fingerprint density at radius 3 is 1.71 bits per heavy atom. The van der Waals surface area contributed by atoms with E-state index in [1.807, 2.05) is 13.8 Å². The molecule has 0 bridgehead atoms. The van der Waals surface area contributed by atoms with E-state index in [1.54, 1.807) is 0 Å². The molecular formula is C32H69N3. The Labute approximate surface area is 223 Å². The molecule has 2 heterocycles. The van der Waals surface area contributed by atoms with Crippen molar-refractivity contribution in [1.29, 1.82) is 0 Å². The fourth-order valence-corrected chi connectivity index (χ4v) is 5.41. The highest BCUT2D eigenvalue weighted by Gasteiger charge is 2.21. The minimum Gasteiger partial charge on any atom is -0.310 e. The van der Waals surface area contributed by atoms with Crippen molar-refractivity contribution in [3.63, 3.8) is 0 Å². The average molecular weight is 496 g/mol. The number of nitrogens with zero attached hydrogens (tertiary/aromatic N) is 2. The molecule has 0 aromatic rings. The summed E-state index contributed by atoms with van der Waals surface area (Å²) in [5, 5.41) is 3.65. The lowest BCUT2D eigenvalue weighted by molar-refractivity contribution is 0.314. The van der Waals surface area contributed by atoms with Crippen molar-refractivity contribution >= 4 is 0 Å². The smallest absolute Gasteiger partial charge is 0.0209 e. The van der Waals surface area contributed by atoms with Gasteiger partial charge < -0.3 is 15.1 Å². The molecule has 3 heteroatoms. The van der Waals surface area contributed by atoms with E-state index in [1.165, 1.54) is 129 Å². The monoisotopic (exact) mass is 496 g/mol. The Balaban J connectivity index is 0.000000625. The van der Waals surface area contributed by atoms with Gasteiger partial charge in [-0.1, -0.05) is 120 Å². The van der Waals surface area contributed by atoms with Crippen molar-refractivity contribution in [3.05, 3.63) is 0 Å². The maximum absolute atomic E-state index is 3.65. The van der Waals surface area contributed by atoms with Crippen LogP contribution in [0.4, 0.5) is 0 Å². The van der Waals surface area contributed by atoms with Crippen molar-refractivity contribution in [3.8, 4) is 0 Å². The second kappa shape index (κ2) is 24.2. The van der Waals surface area contributed by atoms with Gasteiger partial charge in [0.15, 0.2) is 0 Å². The number of unbranched alkanes of at least 4 members (excludes halogenated alkanes) is 9. The molecular weight excluding hydrogens is 426 g/mol. The van der Waals surface area contributed by atoms with Crippen LogP contribution in [0.25, 0.3) is 0 Å². The van der Waals surface area contributed by atoms with Crippen molar-refractivity contribution in [2.24, 2.45) is 11.8 Å². The lowest BCUT2D eigenvalue weighted by atomic mass is 10.0. The van der Waals surface area contributed by atoms with Gasteiger partial charge in [0.25, 0.3) is 0 Å². The third-order valence-electron chi connectivity index (χ3n) is 7.43. The summed E-state index contributed by atoms with van der Waals surface area (Å²) in [6.07, 6.45) is 19.9. The maximum atomic E-state index is 3.65. The minimum absolute atomic E-state index is 0.631. The van der Waals surface area contributed by atoms with Gasteiger partial charge in [0.2, 0.25) is 0 Å². The molecule has 35 heavy (non-hydrogen) atoms. The summed E-state index contributed by atoms with van der Waals surface area (Å²) in [6.45, 7) is 25.8. The molecule has 2 rings (SSSR count). The maximum Gasteiger partial charge on any atom is 0.0209 e. The van der Waals surface area contributed by atoms with Crippen LogP contribution in [-0.2, 0) is 0 Å². The number of nitrogens with one attached hydrogen (secondary N) is 1. The van der Waals surface area contributed by atoms with Crippen molar-refractivity contribution in [2.45, 2.75) is 157 Å². The molecule has 1 N–H and O–H groups in total. The first-order valence-electron chi connectivity index (χ1n) is 16.1. The van der Waals surface area contributed by atoms with Crippen LogP contribution in [0.15, 0.2) is 0 Å². The van der Waals surface area contributed by atoms with Crippen molar-refractivity contribution < 1.29 is 0 Å². The zero-order valence-corrected chi connectivity index (χ0v) is 25.8. The van der Waals surface area contributed by atoms with Crippen molar-refractivity contribution in [2.75, 3.05) is 39.3 Å². The van der Waals surface area contributed by atoms with Crippen LogP contribution < -0.4 is 5.32 Å². The molecule has 0 spiro atoms. The molecule has 2 unspecified atom stereocenters. The van der Waals surface area contributed by atoms with Gasteiger partial charge in [-0.25, -0.2) is 0 Å². The van der Waals surface area contributed by atoms with Crippen LogP contribution in [0.5, 0.6) is 0 Å². The Morgan fingerprint density at radius 2 is 1.20 bits per heavy atom. The second-order valence-corrected chi connectivity index (χ2v) is 12.0. The van der Waals surface area contributed by atoms with Crippen LogP contribution in [0.1, 0.15) is 145 Å². The normalized spacial score (nSPS) is 20.7. The van der Waals surface area contributed by atoms with E-state index in [0.717, 1.165) is 17.9 Å². The number of rotatable bonds is 17. The van der Waals surface area contributed by atoms with Crippen LogP contribution in [0.2, 0.25) is 0 Å². The molecule has 3 nitrogen and oxygen atoms in total. The van der Waals surface area contributed by atoms with E-state index in [4.69, 9.17) is 0 Å². The molecule has 0 saturated carbocycles. The lowest BCUT2D eigenvalue weighted by Crippen LogP contribution is -2.37. The molecule has 0 aliphatic carbocycles. The molecule has 2 aliphatic rings. The van der Waals surface area contributed by atoms with Crippen LogP contribution in [0.3, 0.4) is 0 Å². The van der Waals surface area contributed by atoms with Crippen LogP contribution in [0, 0.1) is 11.8 Å². The zero-order chi connectivity index (χ0) is 26.3. The highest BCUT2D eigenvalue weighted by molar-refractivity contribution is 4.81. The zero-order valence-electron chi connectivity index (χ0n) is 25.8. The van der Waals surface area contributed by atoms with Gasteiger partial charge in [-0.2, -0.15) is 0 Å². The predicted molar refractivity (Wildman–Crippen MR) is 161 cm³/mol. The third-order valence-corrected chi connectivity index (χ3v) is 7.43. The molecule has 2 saturated heterocycles. The topological polar surface area (TPSA) is 18.5 Å². The molecule has 2 aliphatic heterocycles. The van der Waals surface area contributed by atoms with Gasteiger partial charge in [-0.05, 0) is 63.7 Å². The van der Waals surface area contributed by atoms with E-state index in [9.17, 15) is 0 Å². The summed E-state index contributed by atoms with van der Waals surface area (Å²) in [4.78, 5) is 5.29. The lowest BCUT2D eigenvalue weighted by Gasteiger charge is -2.18. The molecule has 0 radical (unpaired) electrons. The number of hydrogen-bond acceptors (Lipinski definition) is 3. The Hall–Kier alpha value is -0.120. The summed E-state index contributed by atoms with van der Waals surface area (Å²) in [7, 11) is 0. The summed E-state index contributed by atoms with van der Waals surface area (Å²) >= 11 is 0. The molecule has 0 aromatic heterocycles. The third kappa shape index (κ3) is 21.7. The number of likely N-dealkylation sites (tertiary alicyclic amines) is 2. The predicted octanol–water partition coefficient (Wildman–Crippen LogP) is 8.77. The molecule has 212 valence electrons. The van der Waals surface area contributed by atoms with E-state index >= 15 is 0 Å². The van der Waals surface area contributed by atoms with E-state index in [-0.39, 0.29) is 0 Å². The van der Waals surface area contributed by atoms with Gasteiger partial charge in [0.05, 0.1) is 0 Å². The highest BCUT2D eigenvalue weighted by Crippen LogP contribution is 2.16. The van der Waals surface area contributed by atoms with Gasteiger partial charge in [0, 0.05) is 25.2 Å². The SMILES string of the molecule is CC.CC(C)CCCCCCN1CCC(NC(C)C)C1.CCCCCCCCCN1CCC(C)C1. The quantitative estimate of drug-likeness (QED) is 0.203. The number of hydrogen-bond donors (Lipinski definition) is 1. The summed E-state index contributed by atoms with van der Waals surface area (Å²) in [5.74, 6) is 1.83. The van der Waals surface area contributed by atoms with Crippen LogP contribution >= 0.6 is 0 Å². The molecule has 2 atom stereocenters. The first-order valence-corrected chi connectivity index (χ1v) is 16.1. The first-order chi connectivity index (χ1) is 16.9. The summed E-state index contributed by atoms with van der Waals surface area (Å²) in [5.41, 5.74) is 0. The Kier molecular flexibility index (Phi) is 24.1. The van der Waals surface area contributed by atoms with Gasteiger partial charge in [-0.15, -0.1) is 0 Å². The molecule has 0 aromatic carbocycles. The summed E-state index contributed by atoms with van der Waals surface area (Å²) < 4.78 is 0. The highest BCUT2D eigenvalue weighted by atomic mass is 15.2. The molecule has 2 fully saturated rings. The van der Waals surface area contributed by atoms with Crippen LogP contribution in [-0.4, -0.2) is 61.2 Å². The average Bonchev–Trinajstić information content (AvgIpc) is 3.45. The van der Waals surface area contributed by atoms with Gasteiger partial charge >= 0.3 is 0 Å². The molecule has 0 amide bonds. The van der Waals surface area contributed by atoms with E-state index in [2.05, 4.69) is 56.7 Å². The van der Waals surface area contributed by atoms with E-state index < -0.39 is 0 Å². The largest absolute Gasteiger partial charge is 0.310 e. The Bertz CT molecular complexity index is 423. The first kappa shape index (κ1) is 34.9. The Morgan fingerprint density at radius 1 is 0.686 bits per heavy atom. The summed E-state index contributed by atoms with van der Waals surface area (Å²) in [6, 6.07) is 1.37. The second-order valence-electron chi connectivity index (χ2n) is 12.0. The standard InChI is InChI=1S/C16H34N2.C14H29N.C2H6/c1-14(2)9-7-5-6-8-11-18-12-10-16(13-18)17-15(3)4;1-3-4-5-6-7-8-9-11-15-12-10-14(2)13-15;1-2/h14-17H,5-13H2,1-4H3;14H,3-13H2,1-2H3;1-2H3. The van der Waals surface area contributed by atoms with Gasteiger partial charge in [0.1, 0.15) is 0 Å². The van der Waals surface area contributed by atoms with E-state index in [0.29, 0.717) is 6.04 Å². The van der Waals surface area contributed by atoms with Crippen molar-refractivity contribution in [1.82, 2.24) is 15.1 Å². The van der Waals surface area contributed by atoms with Gasteiger partial charge in [-0.3, -0.25) is 0 Å². The fourth-order valence-electron chi connectivity index (χ4n) is 5.41. The fraction of sp³-hybridized carbons (Fsp3) is 1.00. The minimum atomic E-state index is 0.631.